The lowest BCUT2D eigenvalue weighted by Crippen LogP contribution is -2.26. The number of rotatable bonds is 15. The van der Waals surface area contributed by atoms with Crippen LogP contribution in [0.15, 0.2) is 30.3 Å². The normalized spacial score (nSPS) is 11.8. The Morgan fingerprint density at radius 2 is 1.00 bits per heavy atom. The predicted octanol–water partition coefficient (Wildman–Crippen LogP) is 8.45. The summed E-state index contributed by atoms with van der Waals surface area (Å²) >= 11 is 0. The summed E-state index contributed by atoms with van der Waals surface area (Å²) in [5, 5.41) is 0. The summed E-state index contributed by atoms with van der Waals surface area (Å²) in [7, 11) is 0. The van der Waals surface area contributed by atoms with E-state index in [1.807, 2.05) is 0 Å². The maximum atomic E-state index is 2.40. The molecule has 1 aromatic rings. The molecule has 0 heterocycles. The fourth-order valence-corrected chi connectivity index (χ4v) is 4.05. The van der Waals surface area contributed by atoms with Gasteiger partial charge in [-0.3, -0.25) is 0 Å². The van der Waals surface area contributed by atoms with E-state index >= 15 is 0 Å². The van der Waals surface area contributed by atoms with Crippen LogP contribution in [-0.4, -0.2) is 0 Å². The van der Waals surface area contributed by atoms with Gasteiger partial charge >= 0.3 is 0 Å². The molecule has 0 radical (unpaired) electrons. The van der Waals surface area contributed by atoms with Crippen LogP contribution >= 0.6 is 0 Å². The number of benzene rings is 1. The Bertz CT molecular complexity index is 370. The largest absolute Gasteiger partial charge is 0.0654 e. The lowest BCUT2D eigenvalue weighted by atomic mass is 9.69. The van der Waals surface area contributed by atoms with Gasteiger partial charge in [-0.1, -0.05) is 122 Å². The lowest BCUT2D eigenvalue weighted by Gasteiger charge is -2.35. The van der Waals surface area contributed by atoms with Crippen LogP contribution in [0.25, 0.3) is 0 Å². The molecule has 0 bridgehead atoms. The zero-order valence-corrected chi connectivity index (χ0v) is 16.8. The molecule has 0 aliphatic heterocycles. The van der Waals surface area contributed by atoms with Crippen LogP contribution in [0.4, 0.5) is 0 Å². The second kappa shape index (κ2) is 13.5. The third-order valence-electron chi connectivity index (χ3n) is 5.66. The van der Waals surface area contributed by atoms with Crippen molar-refractivity contribution in [1.29, 1.82) is 0 Å². The van der Waals surface area contributed by atoms with Crippen molar-refractivity contribution in [2.45, 2.75) is 116 Å². The number of hydrogen-bond donors (Lipinski definition) is 0. The Balaban J connectivity index is 2.64. The van der Waals surface area contributed by atoms with Crippen LogP contribution in [0.3, 0.4) is 0 Å². The molecule has 24 heavy (non-hydrogen) atoms. The van der Waals surface area contributed by atoms with E-state index in [1.54, 1.807) is 5.56 Å². The second-order valence-corrected chi connectivity index (χ2v) is 7.72. The minimum atomic E-state index is 0.441. The van der Waals surface area contributed by atoms with E-state index in [1.165, 1.54) is 89.9 Å². The van der Waals surface area contributed by atoms with Gasteiger partial charge in [-0.15, -0.1) is 0 Å². The van der Waals surface area contributed by atoms with Crippen molar-refractivity contribution in [3.05, 3.63) is 35.9 Å². The molecule has 0 aliphatic carbocycles. The van der Waals surface area contributed by atoms with Gasteiger partial charge in [0.25, 0.3) is 0 Å². The van der Waals surface area contributed by atoms with E-state index in [2.05, 4.69) is 51.1 Å². The average Bonchev–Trinajstić information content (AvgIpc) is 2.63. The molecule has 0 heteroatoms. The summed E-state index contributed by atoms with van der Waals surface area (Å²) in [4.78, 5) is 0. The molecule has 0 amide bonds. The Hall–Kier alpha value is -0.780. The van der Waals surface area contributed by atoms with E-state index < -0.39 is 0 Å². The van der Waals surface area contributed by atoms with E-state index in [0.717, 1.165) is 0 Å². The SMILES string of the molecule is CCCCCCCCCC(CCCC)(CCCC)c1ccccc1. The van der Waals surface area contributed by atoms with E-state index in [-0.39, 0.29) is 0 Å². The lowest BCUT2D eigenvalue weighted by molar-refractivity contribution is 0.305. The molecule has 0 saturated heterocycles. The molecular formula is C24H42. The third kappa shape index (κ3) is 7.86. The molecular weight excluding hydrogens is 288 g/mol. The molecule has 0 N–H and O–H groups in total. The van der Waals surface area contributed by atoms with Crippen molar-refractivity contribution in [2.24, 2.45) is 0 Å². The van der Waals surface area contributed by atoms with Crippen molar-refractivity contribution in [1.82, 2.24) is 0 Å². The first-order chi connectivity index (χ1) is 11.8. The summed E-state index contributed by atoms with van der Waals surface area (Å²) in [5.41, 5.74) is 2.05. The van der Waals surface area contributed by atoms with Crippen LogP contribution in [0.1, 0.15) is 116 Å². The smallest absolute Gasteiger partial charge is 0.00470 e. The summed E-state index contributed by atoms with van der Waals surface area (Å²) < 4.78 is 0. The minimum absolute atomic E-state index is 0.441. The Kier molecular flexibility index (Phi) is 12.0. The van der Waals surface area contributed by atoms with Crippen molar-refractivity contribution < 1.29 is 0 Å². The third-order valence-corrected chi connectivity index (χ3v) is 5.66. The highest BCUT2D eigenvalue weighted by molar-refractivity contribution is 5.25. The molecule has 0 fully saturated rings. The Morgan fingerprint density at radius 1 is 0.542 bits per heavy atom. The zero-order valence-electron chi connectivity index (χ0n) is 16.8. The number of hydrogen-bond acceptors (Lipinski definition) is 0. The second-order valence-electron chi connectivity index (χ2n) is 7.72. The van der Waals surface area contributed by atoms with Crippen molar-refractivity contribution in [3.63, 3.8) is 0 Å². The fraction of sp³-hybridized carbons (Fsp3) is 0.750. The molecule has 1 rings (SSSR count). The van der Waals surface area contributed by atoms with E-state index in [9.17, 15) is 0 Å². The average molecular weight is 331 g/mol. The van der Waals surface area contributed by atoms with Gasteiger partial charge in [0, 0.05) is 0 Å². The molecule has 138 valence electrons. The molecule has 0 saturated carbocycles. The van der Waals surface area contributed by atoms with E-state index in [0.29, 0.717) is 5.41 Å². The molecule has 0 nitrogen and oxygen atoms in total. The van der Waals surface area contributed by atoms with Crippen LogP contribution in [0, 0.1) is 0 Å². The summed E-state index contributed by atoms with van der Waals surface area (Å²) in [6, 6.07) is 11.4. The van der Waals surface area contributed by atoms with Crippen molar-refractivity contribution in [3.8, 4) is 0 Å². The predicted molar refractivity (Wildman–Crippen MR) is 110 cm³/mol. The van der Waals surface area contributed by atoms with Gasteiger partial charge in [0.2, 0.25) is 0 Å². The first-order valence-corrected chi connectivity index (χ1v) is 10.8. The van der Waals surface area contributed by atoms with Crippen LogP contribution in [0.2, 0.25) is 0 Å². The quantitative estimate of drug-likeness (QED) is 0.283. The Labute approximate surface area is 152 Å². The fourth-order valence-electron chi connectivity index (χ4n) is 4.05. The molecule has 0 aliphatic rings. The maximum Gasteiger partial charge on any atom is -0.00470 e. The maximum absolute atomic E-state index is 2.40. The van der Waals surface area contributed by atoms with Gasteiger partial charge in [0.05, 0.1) is 0 Å². The van der Waals surface area contributed by atoms with Gasteiger partial charge in [-0.05, 0) is 30.2 Å². The highest BCUT2D eigenvalue weighted by Crippen LogP contribution is 2.40. The monoisotopic (exact) mass is 330 g/mol. The Morgan fingerprint density at radius 3 is 1.54 bits per heavy atom. The summed E-state index contributed by atoms with van der Waals surface area (Å²) in [6.07, 6.45) is 19.4. The summed E-state index contributed by atoms with van der Waals surface area (Å²) in [5.74, 6) is 0. The molecule has 0 spiro atoms. The highest BCUT2D eigenvalue weighted by Gasteiger charge is 2.30. The minimum Gasteiger partial charge on any atom is -0.0654 e. The highest BCUT2D eigenvalue weighted by atomic mass is 14.3. The van der Waals surface area contributed by atoms with Crippen molar-refractivity contribution in [2.75, 3.05) is 0 Å². The first-order valence-electron chi connectivity index (χ1n) is 10.8. The van der Waals surface area contributed by atoms with Crippen molar-refractivity contribution >= 4 is 0 Å². The molecule has 0 atom stereocenters. The zero-order chi connectivity index (χ0) is 17.5. The van der Waals surface area contributed by atoms with Gasteiger partial charge in [-0.25, -0.2) is 0 Å². The van der Waals surface area contributed by atoms with Crippen LogP contribution < -0.4 is 0 Å². The molecule has 0 aromatic heterocycles. The van der Waals surface area contributed by atoms with Gasteiger partial charge in [0.15, 0.2) is 0 Å². The topological polar surface area (TPSA) is 0 Å². The molecule has 1 aromatic carbocycles. The first kappa shape index (κ1) is 21.3. The number of unbranched alkanes of at least 4 members (excludes halogenated alkanes) is 8. The van der Waals surface area contributed by atoms with Gasteiger partial charge in [-0.2, -0.15) is 0 Å². The molecule has 0 unspecified atom stereocenters. The van der Waals surface area contributed by atoms with Gasteiger partial charge < -0.3 is 0 Å². The summed E-state index contributed by atoms with van der Waals surface area (Å²) in [6.45, 7) is 6.97. The van der Waals surface area contributed by atoms with E-state index in [4.69, 9.17) is 0 Å². The van der Waals surface area contributed by atoms with Crippen LogP contribution in [0.5, 0.6) is 0 Å². The van der Waals surface area contributed by atoms with Crippen LogP contribution in [-0.2, 0) is 5.41 Å². The van der Waals surface area contributed by atoms with Gasteiger partial charge in [0.1, 0.15) is 0 Å². The standard InChI is InChI=1S/C24H42/c1-4-7-10-11-12-13-17-22-24(20-8-5-2,21-9-6-3)23-18-15-14-16-19-23/h14-16,18-19H,4-13,17,20-22H2,1-3H3.